The lowest BCUT2D eigenvalue weighted by Crippen LogP contribution is -2.25. The van der Waals surface area contributed by atoms with Gasteiger partial charge in [0.05, 0.1) is 4.92 Å². The maximum atomic E-state index is 10.3. The van der Waals surface area contributed by atoms with Crippen molar-refractivity contribution in [3.63, 3.8) is 0 Å². The topological polar surface area (TPSA) is 55.7 Å². The van der Waals surface area contributed by atoms with Crippen LogP contribution in [-0.2, 0) is 4.74 Å². The third kappa shape index (κ3) is 0.541. The number of rotatable bonds is 1. The molecule has 0 bridgehead atoms. The Hall–Kier alpha value is -0.900. The molecule has 4 nitrogen and oxygen atoms in total. The van der Waals surface area contributed by atoms with Crippen LogP contribution in [-0.4, -0.2) is 16.8 Å². The molecule has 2 rings (SSSR count). The second-order valence-electron chi connectivity index (χ2n) is 2.60. The summed E-state index contributed by atoms with van der Waals surface area (Å²) in [4.78, 5) is 9.99. The van der Waals surface area contributed by atoms with Crippen LogP contribution in [0.5, 0.6) is 0 Å². The maximum absolute atomic E-state index is 10.3. The maximum Gasteiger partial charge on any atom is 0.371 e. The van der Waals surface area contributed by atoms with Gasteiger partial charge in [0.25, 0.3) is 0 Å². The van der Waals surface area contributed by atoms with Crippen molar-refractivity contribution < 1.29 is 9.66 Å². The second kappa shape index (κ2) is 1.58. The minimum Gasteiger partial charge on any atom is -0.295 e. The third-order valence-electron chi connectivity index (χ3n) is 1.97. The normalized spacial score (nSPS) is 42.6. The first-order valence-electron chi connectivity index (χ1n) is 3.26. The van der Waals surface area contributed by atoms with Crippen LogP contribution in [0.25, 0.3) is 0 Å². The third-order valence-corrected chi connectivity index (χ3v) is 1.97. The Balaban J connectivity index is 2.26. The molecule has 1 fully saturated rings. The largest absolute Gasteiger partial charge is 0.371 e. The number of hydrogen-bond donors (Lipinski definition) is 0. The van der Waals surface area contributed by atoms with Gasteiger partial charge in [-0.1, -0.05) is 6.08 Å². The molecular formula is C6H7NO3. The van der Waals surface area contributed by atoms with Crippen molar-refractivity contribution in [1.29, 1.82) is 0 Å². The smallest absolute Gasteiger partial charge is 0.295 e. The van der Waals surface area contributed by atoms with E-state index in [9.17, 15) is 10.1 Å². The lowest BCUT2D eigenvalue weighted by Gasteiger charge is -2.01. The number of hydrogen-bond acceptors (Lipinski definition) is 3. The lowest BCUT2D eigenvalue weighted by molar-refractivity contribution is -0.548. The zero-order valence-corrected chi connectivity index (χ0v) is 5.32. The summed E-state index contributed by atoms with van der Waals surface area (Å²) in [6, 6.07) is 0. The van der Waals surface area contributed by atoms with Gasteiger partial charge >= 0.3 is 5.72 Å². The molecule has 10 heavy (non-hydrogen) atoms. The summed E-state index contributed by atoms with van der Waals surface area (Å²) in [7, 11) is 0. The molecule has 54 valence electrons. The first-order chi connectivity index (χ1) is 4.76. The molecule has 0 spiro atoms. The SMILES string of the molecule is O=[N+]([O-])C12C=CCCC1O2. The van der Waals surface area contributed by atoms with Crippen LogP contribution in [0.1, 0.15) is 12.8 Å². The summed E-state index contributed by atoms with van der Waals surface area (Å²) >= 11 is 0. The highest BCUT2D eigenvalue weighted by molar-refractivity contribution is 5.13. The molecule has 4 heteroatoms. The van der Waals surface area contributed by atoms with Crippen molar-refractivity contribution in [1.82, 2.24) is 0 Å². The van der Waals surface area contributed by atoms with Crippen LogP contribution in [0.2, 0.25) is 0 Å². The standard InChI is InChI=1S/C6H7NO3/c8-7(9)6-4-2-1-3-5(6)10-6/h2,4-5H,1,3H2. The van der Waals surface area contributed by atoms with Gasteiger partial charge in [-0.3, -0.25) is 14.9 Å². The average Bonchev–Trinajstić information content (AvgIpc) is 2.61. The number of nitrogens with zero attached hydrogens (tertiary/aromatic N) is 1. The molecule has 2 atom stereocenters. The fraction of sp³-hybridized carbons (Fsp3) is 0.667. The second-order valence-corrected chi connectivity index (χ2v) is 2.60. The number of allylic oxidation sites excluding steroid dienone is 1. The molecule has 1 aliphatic heterocycles. The first-order valence-corrected chi connectivity index (χ1v) is 3.26. The van der Waals surface area contributed by atoms with Gasteiger partial charge < -0.3 is 0 Å². The molecule has 2 unspecified atom stereocenters. The fourth-order valence-electron chi connectivity index (χ4n) is 1.33. The molecule has 0 amide bonds. The van der Waals surface area contributed by atoms with Gasteiger partial charge in [-0.15, -0.1) is 0 Å². The zero-order valence-electron chi connectivity index (χ0n) is 5.32. The van der Waals surface area contributed by atoms with Crippen molar-refractivity contribution >= 4 is 0 Å². The van der Waals surface area contributed by atoms with Gasteiger partial charge in [0.2, 0.25) is 0 Å². The van der Waals surface area contributed by atoms with E-state index in [0.29, 0.717) is 0 Å². The molecule has 0 radical (unpaired) electrons. The molecule has 1 heterocycles. The molecule has 0 aromatic carbocycles. The number of fused-ring (bicyclic) bond motifs is 1. The van der Waals surface area contributed by atoms with E-state index in [0.717, 1.165) is 12.8 Å². The average molecular weight is 141 g/mol. The summed E-state index contributed by atoms with van der Waals surface area (Å²) in [6.45, 7) is 0. The zero-order chi connectivity index (χ0) is 7.19. The van der Waals surface area contributed by atoms with Crippen LogP contribution < -0.4 is 0 Å². The summed E-state index contributed by atoms with van der Waals surface area (Å²) in [5, 5.41) is 10.3. The molecule has 1 saturated heterocycles. The van der Waals surface area contributed by atoms with Gasteiger partial charge in [0.1, 0.15) is 0 Å². The minimum absolute atomic E-state index is 0.146. The van der Waals surface area contributed by atoms with Crippen LogP contribution in [0.4, 0.5) is 0 Å². The predicted octanol–water partition coefficient (Wildman–Crippen LogP) is 0.708. The van der Waals surface area contributed by atoms with Crippen LogP contribution in [0, 0.1) is 10.1 Å². The predicted molar refractivity (Wildman–Crippen MR) is 33.0 cm³/mol. The Labute approximate surface area is 57.6 Å². The van der Waals surface area contributed by atoms with E-state index >= 15 is 0 Å². The van der Waals surface area contributed by atoms with E-state index < -0.39 is 5.72 Å². The van der Waals surface area contributed by atoms with Crippen LogP contribution in [0.15, 0.2) is 12.2 Å². The molecule has 0 saturated carbocycles. The highest BCUT2D eigenvalue weighted by Gasteiger charge is 2.67. The molecule has 0 aromatic rings. The molecule has 1 aliphatic carbocycles. The number of nitro groups is 1. The van der Waals surface area contributed by atoms with Crippen LogP contribution >= 0.6 is 0 Å². The van der Waals surface area contributed by atoms with E-state index in [-0.39, 0.29) is 11.0 Å². The van der Waals surface area contributed by atoms with E-state index in [4.69, 9.17) is 4.74 Å². The quantitative estimate of drug-likeness (QED) is 0.234. The van der Waals surface area contributed by atoms with E-state index in [2.05, 4.69) is 0 Å². The van der Waals surface area contributed by atoms with Crippen molar-refractivity contribution in [2.24, 2.45) is 0 Å². The van der Waals surface area contributed by atoms with Crippen molar-refractivity contribution in [2.45, 2.75) is 24.7 Å². The number of epoxide rings is 1. The van der Waals surface area contributed by atoms with Crippen LogP contribution in [0.3, 0.4) is 0 Å². The Kier molecular flexibility index (Phi) is 0.922. The summed E-state index contributed by atoms with van der Waals surface area (Å²) in [6.07, 6.45) is 4.91. The van der Waals surface area contributed by atoms with Gasteiger partial charge in [-0.25, -0.2) is 0 Å². The minimum atomic E-state index is -1.11. The summed E-state index contributed by atoms with van der Waals surface area (Å²) in [5.41, 5.74) is -1.11. The lowest BCUT2D eigenvalue weighted by atomic mass is 10.0. The Morgan fingerprint density at radius 3 is 3.10 bits per heavy atom. The van der Waals surface area contributed by atoms with E-state index in [1.54, 1.807) is 6.08 Å². The van der Waals surface area contributed by atoms with Gasteiger partial charge in [0.15, 0.2) is 6.10 Å². The molecule has 2 aliphatic rings. The Bertz CT molecular complexity index is 213. The Morgan fingerprint density at radius 1 is 1.80 bits per heavy atom. The van der Waals surface area contributed by atoms with Crippen molar-refractivity contribution in [3.8, 4) is 0 Å². The highest BCUT2D eigenvalue weighted by atomic mass is 16.7. The monoisotopic (exact) mass is 141 g/mol. The highest BCUT2D eigenvalue weighted by Crippen LogP contribution is 2.43. The molecule has 0 aromatic heterocycles. The Morgan fingerprint density at radius 2 is 2.60 bits per heavy atom. The number of ether oxygens (including phenoxy) is 1. The van der Waals surface area contributed by atoms with Gasteiger partial charge in [0, 0.05) is 6.08 Å². The fourth-order valence-corrected chi connectivity index (χ4v) is 1.33. The first kappa shape index (κ1) is 5.85. The molecular weight excluding hydrogens is 134 g/mol. The summed E-state index contributed by atoms with van der Waals surface area (Å²) in [5.74, 6) is 0. The van der Waals surface area contributed by atoms with Gasteiger partial charge in [-0.2, -0.15) is 0 Å². The summed E-state index contributed by atoms with van der Waals surface area (Å²) < 4.78 is 4.94. The van der Waals surface area contributed by atoms with E-state index in [1.807, 2.05) is 6.08 Å². The van der Waals surface area contributed by atoms with Crippen molar-refractivity contribution in [2.75, 3.05) is 0 Å². The van der Waals surface area contributed by atoms with Crippen molar-refractivity contribution in [3.05, 3.63) is 22.3 Å². The van der Waals surface area contributed by atoms with E-state index in [1.165, 1.54) is 0 Å². The van der Waals surface area contributed by atoms with Gasteiger partial charge in [-0.05, 0) is 12.8 Å². The molecule has 0 N–H and O–H groups in total.